The lowest BCUT2D eigenvalue weighted by Crippen LogP contribution is -2.14. The van der Waals surface area contributed by atoms with Gasteiger partial charge in [0.15, 0.2) is 11.6 Å². The van der Waals surface area contributed by atoms with Crippen LogP contribution in [0.25, 0.3) is 33.9 Å². The Morgan fingerprint density at radius 2 is 1.56 bits per heavy atom. The number of aromatic nitrogens is 7. The Morgan fingerprint density at radius 3 is 2.17 bits per heavy atom. The molecular formula is C28H30N8. The molecule has 0 saturated heterocycles. The van der Waals surface area contributed by atoms with Crippen LogP contribution in [0.1, 0.15) is 50.7 Å². The van der Waals surface area contributed by atoms with E-state index in [1.165, 1.54) is 0 Å². The van der Waals surface area contributed by atoms with Gasteiger partial charge >= 0.3 is 0 Å². The Labute approximate surface area is 210 Å². The monoisotopic (exact) mass is 478 g/mol. The van der Waals surface area contributed by atoms with Crippen LogP contribution in [-0.2, 0) is 12.0 Å². The van der Waals surface area contributed by atoms with E-state index in [1.807, 2.05) is 29.8 Å². The third kappa shape index (κ3) is 4.81. The maximum absolute atomic E-state index is 6.04. The SMILES string of the molecule is CC(N)c1ccc(-c2nc(C(C)(C)C)nn2Cc2ccc(-c3ccccc3-c3nn[nH]n3)cc2)cc1. The predicted molar refractivity (Wildman–Crippen MR) is 141 cm³/mol. The third-order valence-corrected chi connectivity index (χ3v) is 6.15. The fraction of sp³-hybridized carbons (Fsp3) is 0.250. The van der Waals surface area contributed by atoms with Gasteiger partial charge in [-0.15, -0.1) is 10.2 Å². The summed E-state index contributed by atoms with van der Waals surface area (Å²) >= 11 is 0. The molecule has 182 valence electrons. The molecule has 3 aromatic carbocycles. The van der Waals surface area contributed by atoms with Crippen LogP contribution in [0.4, 0.5) is 0 Å². The van der Waals surface area contributed by atoms with Gasteiger partial charge in [0.1, 0.15) is 0 Å². The molecule has 0 bridgehead atoms. The van der Waals surface area contributed by atoms with Gasteiger partial charge in [0.25, 0.3) is 0 Å². The molecular weight excluding hydrogens is 448 g/mol. The predicted octanol–water partition coefficient (Wildman–Crippen LogP) is 5.16. The fourth-order valence-corrected chi connectivity index (χ4v) is 4.09. The standard InChI is InChI=1S/C28H30N8/c1-18(29)20-13-15-22(16-14-20)26-30-27(28(2,3)4)33-36(26)17-19-9-11-21(12-10-19)23-7-5-6-8-24(23)25-31-34-35-32-25/h5-16,18H,17,29H2,1-4H3,(H,31,32,34,35). The summed E-state index contributed by atoms with van der Waals surface area (Å²) in [6, 6.07) is 24.8. The smallest absolute Gasteiger partial charge is 0.205 e. The summed E-state index contributed by atoms with van der Waals surface area (Å²) in [7, 11) is 0. The summed E-state index contributed by atoms with van der Waals surface area (Å²) in [5, 5.41) is 19.4. The van der Waals surface area contributed by atoms with Gasteiger partial charge < -0.3 is 5.73 Å². The van der Waals surface area contributed by atoms with Crippen LogP contribution in [0.2, 0.25) is 0 Å². The quantitative estimate of drug-likeness (QED) is 0.349. The van der Waals surface area contributed by atoms with Gasteiger partial charge in [-0.3, -0.25) is 0 Å². The van der Waals surface area contributed by atoms with E-state index in [0.717, 1.165) is 45.0 Å². The first-order chi connectivity index (χ1) is 17.3. The summed E-state index contributed by atoms with van der Waals surface area (Å²) in [6.45, 7) is 8.99. The summed E-state index contributed by atoms with van der Waals surface area (Å²) in [4.78, 5) is 4.93. The normalized spacial score (nSPS) is 12.6. The van der Waals surface area contributed by atoms with E-state index in [1.54, 1.807) is 0 Å². The summed E-state index contributed by atoms with van der Waals surface area (Å²) < 4.78 is 1.99. The van der Waals surface area contributed by atoms with Gasteiger partial charge in [-0.2, -0.15) is 10.3 Å². The van der Waals surface area contributed by atoms with Crippen LogP contribution >= 0.6 is 0 Å². The molecule has 2 heterocycles. The molecule has 0 aliphatic heterocycles. The molecule has 0 aliphatic carbocycles. The van der Waals surface area contributed by atoms with E-state index in [0.29, 0.717) is 12.4 Å². The minimum atomic E-state index is -0.158. The molecule has 0 saturated carbocycles. The second-order valence-electron chi connectivity index (χ2n) is 10.1. The molecule has 0 fully saturated rings. The molecule has 0 aliphatic rings. The first kappa shape index (κ1) is 23.6. The van der Waals surface area contributed by atoms with Crippen LogP contribution in [0.3, 0.4) is 0 Å². The average molecular weight is 479 g/mol. The summed E-state index contributed by atoms with van der Waals surface area (Å²) in [5.74, 6) is 2.24. The Hall–Kier alpha value is -4.17. The van der Waals surface area contributed by atoms with E-state index in [2.05, 4.69) is 96.0 Å². The number of benzene rings is 3. The highest BCUT2D eigenvalue weighted by Gasteiger charge is 2.23. The number of H-pyrrole nitrogens is 1. The molecule has 36 heavy (non-hydrogen) atoms. The molecule has 5 aromatic rings. The molecule has 2 aromatic heterocycles. The molecule has 1 unspecified atom stereocenters. The van der Waals surface area contributed by atoms with Crippen LogP contribution in [0, 0.1) is 0 Å². The van der Waals surface area contributed by atoms with Crippen molar-refractivity contribution in [1.82, 2.24) is 35.4 Å². The Bertz CT molecular complexity index is 1440. The van der Waals surface area contributed by atoms with Crippen molar-refractivity contribution in [1.29, 1.82) is 0 Å². The lowest BCUT2D eigenvalue weighted by molar-refractivity contribution is 0.533. The van der Waals surface area contributed by atoms with Gasteiger partial charge in [0, 0.05) is 22.6 Å². The number of nitrogens with one attached hydrogen (secondary N) is 1. The van der Waals surface area contributed by atoms with E-state index in [4.69, 9.17) is 15.8 Å². The van der Waals surface area contributed by atoms with Crippen molar-refractivity contribution < 1.29 is 0 Å². The highest BCUT2D eigenvalue weighted by Crippen LogP contribution is 2.30. The molecule has 8 nitrogen and oxygen atoms in total. The van der Waals surface area contributed by atoms with Crippen molar-refractivity contribution in [2.75, 3.05) is 0 Å². The highest BCUT2D eigenvalue weighted by atomic mass is 15.5. The van der Waals surface area contributed by atoms with Crippen LogP contribution < -0.4 is 5.73 Å². The first-order valence-corrected chi connectivity index (χ1v) is 12.0. The van der Waals surface area contributed by atoms with E-state index in [-0.39, 0.29) is 11.5 Å². The number of aromatic amines is 1. The van der Waals surface area contributed by atoms with E-state index >= 15 is 0 Å². The summed E-state index contributed by atoms with van der Waals surface area (Å²) in [5.41, 5.74) is 12.2. The van der Waals surface area contributed by atoms with E-state index in [9.17, 15) is 0 Å². The largest absolute Gasteiger partial charge is 0.324 e. The minimum absolute atomic E-state index is 0.00855. The van der Waals surface area contributed by atoms with Gasteiger partial charge in [0.2, 0.25) is 5.82 Å². The molecule has 0 spiro atoms. The molecule has 8 heteroatoms. The highest BCUT2D eigenvalue weighted by molar-refractivity contribution is 5.80. The zero-order valence-electron chi connectivity index (χ0n) is 21.0. The number of rotatable bonds is 6. The number of tetrazole rings is 1. The topological polar surface area (TPSA) is 111 Å². The minimum Gasteiger partial charge on any atom is -0.324 e. The van der Waals surface area contributed by atoms with Crippen molar-refractivity contribution in [2.45, 2.75) is 45.7 Å². The Morgan fingerprint density at radius 1 is 0.889 bits per heavy atom. The van der Waals surface area contributed by atoms with Crippen molar-refractivity contribution in [2.24, 2.45) is 5.73 Å². The van der Waals surface area contributed by atoms with Gasteiger partial charge in [-0.25, -0.2) is 9.67 Å². The zero-order valence-corrected chi connectivity index (χ0v) is 21.0. The number of hydrogen-bond donors (Lipinski definition) is 2. The van der Waals surface area contributed by atoms with Crippen molar-refractivity contribution >= 4 is 0 Å². The number of hydrogen-bond acceptors (Lipinski definition) is 6. The van der Waals surface area contributed by atoms with Crippen LogP contribution in [-0.4, -0.2) is 35.4 Å². The maximum Gasteiger partial charge on any atom is 0.205 e. The average Bonchev–Trinajstić information content (AvgIpc) is 3.55. The number of nitrogens with two attached hydrogens (primary N) is 1. The summed E-state index contributed by atoms with van der Waals surface area (Å²) in [6.07, 6.45) is 0. The van der Waals surface area contributed by atoms with Crippen LogP contribution in [0.5, 0.6) is 0 Å². The van der Waals surface area contributed by atoms with Crippen molar-refractivity contribution in [3.8, 4) is 33.9 Å². The lowest BCUT2D eigenvalue weighted by atomic mass is 9.96. The van der Waals surface area contributed by atoms with Crippen molar-refractivity contribution in [3.05, 3.63) is 89.7 Å². The fourth-order valence-electron chi connectivity index (χ4n) is 4.09. The first-order valence-electron chi connectivity index (χ1n) is 12.0. The zero-order chi connectivity index (χ0) is 25.3. The van der Waals surface area contributed by atoms with Gasteiger partial charge in [-0.1, -0.05) is 93.6 Å². The third-order valence-electron chi connectivity index (χ3n) is 6.15. The second-order valence-corrected chi connectivity index (χ2v) is 10.1. The van der Waals surface area contributed by atoms with Crippen molar-refractivity contribution in [3.63, 3.8) is 0 Å². The second kappa shape index (κ2) is 9.47. The van der Waals surface area contributed by atoms with E-state index < -0.39 is 0 Å². The van der Waals surface area contributed by atoms with Crippen LogP contribution in [0.15, 0.2) is 72.8 Å². The molecule has 0 amide bonds. The molecule has 1 atom stereocenters. The van der Waals surface area contributed by atoms with Gasteiger partial charge in [-0.05, 0) is 34.4 Å². The maximum atomic E-state index is 6.04. The Balaban J connectivity index is 1.46. The molecule has 0 radical (unpaired) electrons. The number of nitrogens with zero attached hydrogens (tertiary/aromatic N) is 6. The Kier molecular flexibility index (Phi) is 6.20. The molecule has 3 N–H and O–H groups in total. The lowest BCUT2D eigenvalue weighted by Gasteiger charge is -2.12. The molecule has 5 rings (SSSR count). The van der Waals surface area contributed by atoms with Gasteiger partial charge in [0.05, 0.1) is 6.54 Å².